The molecule has 0 amide bonds. The SMILES string of the molecule is CCC(C)OC(=O)c1c(OC)ccc(S(=O)(=O)Cl)c1OC. The van der Waals surface area contributed by atoms with Gasteiger partial charge in [-0.3, -0.25) is 0 Å². The highest BCUT2D eigenvalue weighted by Gasteiger charge is 2.28. The molecule has 0 aliphatic heterocycles. The summed E-state index contributed by atoms with van der Waals surface area (Å²) in [5.74, 6) is -0.790. The molecule has 21 heavy (non-hydrogen) atoms. The van der Waals surface area contributed by atoms with Gasteiger partial charge < -0.3 is 14.2 Å². The first-order valence-corrected chi connectivity index (χ1v) is 8.47. The summed E-state index contributed by atoms with van der Waals surface area (Å²) in [5.41, 5.74) is -0.109. The van der Waals surface area contributed by atoms with E-state index in [2.05, 4.69) is 0 Å². The maximum absolute atomic E-state index is 12.2. The molecule has 0 aliphatic carbocycles. The van der Waals surface area contributed by atoms with Crippen molar-refractivity contribution < 1.29 is 27.4 Å². The van der Waals surface area contributed by atoms with Gasteiger partial charge >= 0.3 is 5.97 Å². The normalized spacial score (nSPS) is 12.6. The molecule has 6 nitrogen and oxygen atoms in total. The Labute approximate surface area is 128 Å². The van der Waals surface area contributed by atoms with Crippen LogP contribution in [0.25, 0.3) is 0 Å². The fourth-order valence-electron chi connectivity index (χ4n) is 1.63. The van der Waals surface area contributed by atoms with E-state index >= 15 is 0 Å². The van der Waals surface area contributed by atoms with Gasteiger partial charge in [0, 0.05) is 10.7 Å². The first-order chi connectivity index (χ1) is 9.76. The van der Waals surface area contributed by atoms with Gasteiger partial charge in [0.05, 0.1) is 20.3 Å². The molecule has 0 fully saturated rings. The Kier molecular flexibility index (Phi) is 5.86. The number of rotatable bonds is 6. The Morgan fingerprint density at radius 3 is 2.33 bits per heavy atom. The minimum Gasteiger partial charge on any atom is -0.496 e. The minimum absolute atomic E-state index is 0.109. The fourth-order valence-corrected chi connectivity index (χ4v) is 2.63. The van der Waals surface area contributed by atoms with E-state index in [1.807, 2.05) is 6.92 Å². The third-order valence-corrected chi connectivity index (χ3v) is 4.20. The van der Waals surface area contributed by atoms with Crippen LogP contribution in [-0.4, -0.2) is 34.7 Å². The van der Waals surface area contributed by atoms with Crippen LogP contribution in [0.15, 0.2) is 17.0 Å². The molecule has 0 spiro atoms. The van der Waals surface area contributed by atoms with Crippen molar-refractivity contribution in [3.63, 3.8) is 0 Å². The van der Waals surface area contributed by atoms with Gasteiger partial charge in [-0.1, -0.05) is 6.92 Å². The van der Waals surface area contributed by atoms with Gasteiger partial charge in [-0.25, -0.2) is 13.2 Å². The van der Waals surface area contributed by atoms with E-state index in [9.17, 15) is 13.2 Å². The fraction of sp³-hybridized carbons (Fsp3) is 0.462. The maximum atomic E-state index is 12.2. The van der Waals surface area contributed by atoms with Crippen LogP contribution in [0.1, 0.15) is 30.6 Å². The second kappa shape index (κ2) is 7.00. The average molecular weight is 337 g/mol. The summed E-state index contributed by atoms with van der Waals surface area (Å²) in [7, 11) is 3.86. The van der Waals surface area contributed by atoms with Crippen molar-refractivity contribution in [2.45, 2.75) is 31.3 Å². The molecule has 0 radical (unpaired) electrons. The third kappa shape index (κ3) is 4.01. The van der Waals surface area contributed by atoms with Gasteiger partial charge in [0.2, 0.25) is 0 Å². The minimum atomic E-state index is -4.08. The van der Waals surface area contributed by atoms with Gasteiger partial charge in [0.1, 0.15) is 16.2 Å². The van der Waals surface area contributed by atoms with Gasteiger partial charge in [-0.05, 0) is 25.5 Å². The molecule has 0 heterocycles. The summed E-state index contributed by atoms with van der Waals surface area (Å²) < 4.78 is 38.4. The Hall–Kier alpha value is -1.47. The molecule has 0 aromatic heterocycles. The van der Waals surface area contributed by atoms with Gasteiger partial charge in [0.15, 0.2) is 5.75 Å². The number of carbonyl (C=O) groups excluding carboxylic acids is 1. The molecule has 0 N–H and O–H groups in total. The highest BCUT2D eigenvalue weighted by molar-refractivity contribution is 8.13. The number of esters is 1. The van der Waals surface area contributed by atoms with Crippen LogP contribution in [0.5, 0.6) is 11.5 Å². The van der Waals surface area contributed by atoms with Gasteiger partial charge in [-0.15, -0.1) is 0 Å². The predicted octanol–water partition coefficient (Wildman–Crippen LogP) is 2.59. The number of methoxy groups -OCH3 is 2. The van der Waals surface area contributed by atoms with Crippen molar-refractivity contribution in [2.75, 3.05) is 14.2 Å². The molecule has 1 atom stereocenters. The lowest BCUT2D eigenvalue weighted by molar-refractivity contribution is 0.0327. The van der Waals surface area contributed by atoms with Crippen LogP contribution >= 0.6 is 10.7 Å². The Bertz CT molecular complexity index is 626. The number of halogens is 1. The van der Waals surface area contributed by atoms with E-state index in [4.69, 9.17) is 24.9 Å². The van der Waals surface area contributed by atoms with Crippen molar-refractivity contribution in [2.24, 2.45) is 0 Å². The zero-order valence-corrected chi connectivity index (χ0v) is 13.7. The topological polar surface area (TPSA) is 78.9 Å². The summed E-state index contributed by atoms with van der Waals surface area (Å²) in [4.78, 5) is 11.9. The molecule has 1 unspecified atom stereocenters. The number of hydrogen-bond donors (Lipinski definition) is 0. The highest BCUT2D eigenvalue weighted by Crippen LogP contribution is 2.37. The first-order valence-electron chi connectivity index (χ1n) is 6.16. The first kappa shape index (κ1) is 17.6. The van der Waals surface area contributed by atoms with Crippen molar-refractivity contribution in [1.82, 2.24) is 0 Å². The van der Waals surface area contributed by atoms with Crippen molar-refractivity contribution in [1.29, 1.82) is 0 Å². The van der Waals surface area contributed by atoms with Crippen molar-refractivity contribution in [3.8, 4) is 11.5 Å². The quantitative estimate of drug-likeness (QED) is 0.587. The van der Waals surface area contributed by atoms with Crippen LogP contribution in [0, 0.1) is 0 Å². The molecule has 8 heteroatoms. The zero-order valence-electron chi connectivity index (χ0n) is 12.2. The largest absolute Gasteiger partial charge is 0.496 e. The molecular formula is C13H17ClO6S. The van der Waals surface area contributed by atoms with E-state index in [1.165, 1.54) is 26.4 Å². The smallest absolute Gasteiger partial charge is 0.346 e. The van der Waals surface area contributed by atoms with E-state index in [0.717, 1.165) is 0 Å². The van der Waals surface area contributed by atoms with Gasteiger partial charge in [-0.2, -0.15) is 0 Å². The lowest BCUT2D eigenvalue weighted by atomic mass is 10.1. The van der Waals surface area contributed by atoms with E-state index in [-0.39, 0.29) is 28.1 Å². The number of benzene rings is 1. The maximum Gasteiger partial charge on any atom is 0.346 e. The molecule has 1 aromatic rings. The van der Waals surface area contributed by atoms with E-state index < -0.39 is 15.0 Å². The zero-order chi connectivity index (χ0) is 16.2. The summed E-state index contributed by atoms with van der Waals surface area (Å²) in [6.07, 6.45) is 0.285. The second-order valence-corrected chi connectivity index (χ2v) is 6.77. The molecule has 1 rings (SSSR count). The van der Waals surface area contributed by atoms with Crippen molar-refractivity contribution in [3.05, 3.63) is 17.7 Å². The average Bonchev–Trinajstić information content (AvgIpc) is 2.43. The molecular weight excluding hydrogens is 320 g/mol. The second-order valence-electron chi connectivity index (χ2n) is 4.24. The van der Waals surface area contributed by atoms with Crippen LogP contribution in [-0.2, 0) is 13.8 Å². The number of carbonyl (C=O) groups is 1. The standard InChI is InChI=1S/C13H17ClO6S/c1-5-8(2)20-13(15)11-9(18-3)6-7-10(12(11)19-4)21(14,16)17/h6-8H,5H2,1-4H3. The van der Waals surface area contributed by atoms with Crippen LogP contribution in [0.3, 0.4) is 0 Å². The Morgan fingerprint density at radius 1 is 1.29 bits per heavy atom. The Morgan fingerprint density at radius 2 is 1.90 bits per heavy atom. The van der Waals surface area contributed by atoms with Crippen molar-refractivity contribution >= 4 is 25.7 Å². The Balaban J connectivity index is 3.49. The molecule has 0 saturated carbocycles. The number of ether oxygens (including phenoxy) is 3. The lowest BCUT2D eigenvalue weighted by Gasteiger charge is -2.17. The predicted molar refractivity (Wildman–Crippen MR) is 77.8 cm³/mol. The summed E-state index contributed by atoms with van der Waals surface area (Å²) >= 11 is 0. The summed E-state index contributed by atoms with van der Waals surface area (Å²) in [5, 5.41) is 0. The van der Waals surface area contributed by atoms with Gasteiger partial charge in [0.25, 0.3) is 9.05 Å². The molecule has 0 saturated heterocycles. The van der Waals surface area contributed by atoms with E-state index in [1.54, 1.807) is 6.92 Å². The van der Waals surface area contributed by atoms with Crippen LogP contribution in [0.4, 0.5) is 0 Å². The molecule has 0 bridgehead atoms. The van der Waals surface area contributed by atoms with Crippen LogP contribution in [0.2, 0.25) is 0 Å². The lowest BCUT2D eigenvalue weighted by Crippen LogP contribution is -2.16. The number of hydrogen-bond acceptors (Lipinski definition) is 6. The highest BCUT2D eigenvalue weighted by atomic mass is 35.7. The summed E-state index contributed by atoms with van der Waals surface area (Å²) in [6, 6.07) is 2.53. The van der Waals surface area contributed by atoms with E-state index in [0.29, 0.717) is 6.42 Å². The third-order valence-electron chi connectivity index (χ3n) is 2.86. The molecule has 118 valence electrons. The molecule has 0 aliphatic rings. The van der Waals surface area contributed by atoms with Crippen LogP contribution < -0.4 is 9.47 Å². The monoisotopic (exact) mass is 336 g/mol. The molecule has 1 aromatic carbocycles. The summed E-state index contributed by atoms with van der Waals surface area (Å²) in [6.45, 7) is 3.57.